The highest BCUT2D eigenvalue weighted by molar-refractivity contribution is 7.92. The third kappa shape index (κ3) is 5.89. The van der Waals surface area contributed by atoms with E-state index in [2.05, 4.69) is 5.32 Å². The number of sulfonamides is 1. The molecule has 30 heavy (non-hydrogen) atoms. The number of hydrogen-bond donors (Lipinski definition) is 1. The zero-order valence-electron chi connectivity index (χ0n) is 18.1. The summed E-state index contributed by atoms with van der Waals surface area (Å²) in [5.74, 6) is 0.987. The number of benzene rings is 2. The van der Waals surface area contributed by atoms with E-state index in [-0.39, 0.29) is 11.9 Å². The molecule has 0 aliphatic rings. The lowest BCUT2D eigenvalue weighted by molar-refractivity contribution is -0.122. The van der Waals surface area contributed by atoms with Crippen LogP contribution in [-0.4, -0.2) is 40.3 Å². The van der Waals surface area contributed by atoms with Crippen LogP contribution in [0.1, 0.15) is 38.8 Å². The normalized spacial score (nSPS) is 13.2. The second-order valence-electron chi connectivity index (χ2n) is 6.90. The van der Waals surface area contributed by atoms with Gasteiger partial charge in [-0.25, -0.2) is 8.42 Å². The Bertz CT molecular complexity index is 927. The van der Waals surface area contributed by atoms with E-state index < -0.39 is 16.1 Å². The highest BCUT2D eigenvalue weighted by Gasteiger charge is 2.30. The van der Waals surface area contributed by atoms with Crippen molar-refractivity contribution in [1.29, 1.82) is 0 Å². The van der Waals surface area contributed by atoms with E-state index in [0.29, 0.717) is 24.5 Å². The Morgan fingerprint density at radius 3 is 2.07 bits per heavy atom. The Balaban J connectivity index is 2.23. The largest absolute Gasteiger partial charge is 0.497 e. The molecule has 0 spiro atoms. The average Bonchev–Trinajstić information content (AvgIpc) is 2.72. The molecule has 0 aliphatic heterocycles. The monoisotopic (exact) mass is 434 g/mol. The molecule has 0 bridgehead atoms. The van der Waals surface area contributed by atoms with E-state index in [1.165, 1.54) is 0 Å². The maximum atomic E-state index is 13.0. The first-order valence-electron chi connectivity index (χ1n) is 9.87. The van der Waals surface area contributed by atoms with Crippen LogP contribution < -0.4 is 19.1 Å². The number of nitrogens with zero attached hydrogens (tertiary/aromatic N) is 1. The molecule has 0 fully saturated rings. The molecule has 0 saturated heterocycles. The Labute approximate surface area is 179 Å². The molecule has 7 nitrogen and oxygen atoms in total. The smallest absolute Gasteiger partial charge is 0.244 e. The number of nitrogens with one attached hydrogen (secondary N) is 1. The van der Waals surface area contributed by atoms with E-state index in [4.69, 9.17) is 9.47 Å². The highest BCUT2D eigenvalue weighted by Crippen LogP contribution is 2.25. The van der Waals surface area contributed by atoms with Gasteiger partial charge in [0, 0.05) is 0 Å². The Hall–Kier alpha value is -2.74. The summed E-state index contributed by atoms with van der Waals surface area (Å²) in [5, 5.41) is 2.96. The van der Waals surface area contributed by atoms with Crippen LogP contribution in [0.15, 0.2) is 48.5 Å². The second kappa shape index (κ2) is 10.3. The summed E-state index contributed by atoms with van der Waals surface area (Å²) in [6.45, 7) is 5.92. The number of ether oxygens (including phenoxy) is 2. The topological polar surface area (TPSA) is 84.9 Å². The summed E-state index contributed by atoms with van der Waals surface area (Å²) in [7, 11) is -2.09. The first-order valence-corrected chi connectivity index (χ1v) is 11.7. The van der Waals surface area contributed by atoms with Gasteiger partial charge in [-0.3, -0.25) is 9.10 Å². The Morgan fingerprint density at radius 2 is 1.60 bits per heavy atom. The summed E-state index contributed by atoms with van der Waals surface area (Å²) in [5.41, 5.74) is 1.33. The predicted octanol–water partition coefficient (Wildman–Crippen LogP) is 3.52. The molecule has 2 aromatic carbocycles. The van der Waals surface area contributed by atoms with Gasteiger partial charge in [-0.1, -0.05) is 19.1 Å². The highest BCUT2D eigenvalue weighted by atomic mass is 32.2. The molecule has 1 amide bonds. The molecular formula is C22H30N2O5S. The predicted molar refractivity (Wildman–Crippen MR) is 119 cm³/mol. The van der Waals surface area contributed by atoms with E-state index in [9.17, 15) is 13.2 Å². The van der Waals surface area contributed by atoms with Crippen LogP contribution in [0.2, 0.25) is 0 Å². The molecular weight excluding hydrogens is 404 g/mol. The number of hydrogen-bond acceptors (Lipinski definition) is 5. The summed E-state index contributed by atoms with van der Waals surface area (Å²) < 4.78 is 36.7. The molecule has 164 valence electrons. The lowest BCUT2D eigenvalue weighted by Crippen LogP contribution is -2.48. The van der Waals surface area contributed by atoms with Crippen molar-refractivity contribution in [3.63, 3.8) is 0 Å². The van der Waals surface area contributed by atoms with Gasteiger partial charge in [-0.2, -0.15) is 0 Å². The molecule has 2 aromatic rings. The van der Waals surface area contributed by atoms with Gasteiger partial charge in [-0.15, -0.1) is 0 Å². The van der Waals surface area contributed by atoms with Crippen LogP contribution in [0.25, 0.3) is 0 Å². The lowest BCUT2D eigenvalue weighted by Gasteiger charge is -2.30. The summed E-state index contributed by atoms with van der Waals surface area (Å²) >= 11 is 0. The van der Waals surface area contributed by atoms with E-state index in [0.717, 1.165) is 21.9 Å². The quantitative estimate of drug-likeness (QED) is 0.618. The molecule has 8 heteroatoms. The van der Waals surface area contributed by atoms with Crippen LogP contribution in [0.5, 0.6) is 11.5 Å². The minimum Gasteiger partial charge on any atom is -0.497 e. The van der Waals surface area contributed by atoms with Crippen molar-refractivity contribution in [2.75, 3.05) is 24.3 Å². The molecule has 1 N–H and O–H groups in total. The van der Waals surface area contributed by atoms with Crippen molar-refractivity contribution in [3.8, 4) is 11.5 Å². The van der Waals surface area contributed by atoms with Gasteiger partial charge in [0.25, 0.3) is 0 Å². The van der Waals surface area contributed by atoms with Crippen molar-refractivity contribution < 1.29 is 22.7 Å². The average molecular weight is 435 g/mol. The minimum absolute atomic E-state index is 0.243. The SMILES string of the molecule is CCOc1ccc(N(C(C)C(=O)NC(CC)c2ccc(OC)cc2)S(C)(=O)=O)cc1. The molecule has 0 aromatic heterocycles. The molecule has 0 heterocycles. The summed E-state index contributed by atoms with van der Waals surface area (Å²) in [4.78, 5) is 13.0. The lowest BCUT2D eigenvalue weighted by atomic mass is 10.0. The van der Waals surface area contributed by atoms with Gasteiger partial charge in [0.2, 0.25) is 15.9 Å². The van der Waals surface area contributed by atoms with Crippen molar-refractivity contribution in [3.05, 3.63) is 54.1 Å². The molecule has 0 saturated carbocycles. The number of anilines is 1. The van der Waals surface area contributed by atoms with Crippen LogP contribution in [0.4, 0.5) is 5.69 Å². The molecule has 2 atom stereocenters. The van der Waals surface area contributed by atoms with Gasteiger partial charge >= 0.3 is 0 Å². The first kappa shape index (κ1) is 23.5. The van der Waals surface area contributed by atoms with Crippen LogP contribution >= 0.6 is 0 Å². The van der Waals surface area contributed by atoms with Gasteiger partial charge < -0.3 is 14.8 Å². The van der Waals surface area contributed by atoms with Crippen molar-refractivity contribution in [2.45, 2.75) is 39.3 Å². The minimum atomic E-state index is -3.69. The fourth-order valence-corrected chi connectivity index (χ4v) is 4.39. The number of amides is 1. The zero-order chi connectivity index (χ0) is 22.3. The first-order chi connectivity index (χ1) is 14.2. The van der Waals surface area contributed by atoms with Gasteiger partial charge in [-0.05, 0) is 62.2 Å². The fourth-order valence-electron chi connectivity index (χ4n) is 3.21. The van der Waals surface area contributed by atoms with Crippen LogP contribution in [0, 0.1) is 0 Å². The Kier molecular flexibility index (Phi) is 8.11. The van der Waals surface area contributed by atoms with E-state index in [1.54, 1.807) is 38.3 Å². The van der Waals surface area contributed by atoms with Crippen LogP contribution in [0.3, 0.4) is 0 Å². The van der Waals surface area contributed by atoms with Crippen molar-refractivity contribution in [2.24, 2.45) is 0 Å². The second-order valence-corrected chi connectivity index (χ2v) is 8.76. The number of carbonyl (C=O) groups excluding carboxylic acids is 1. The third-order valence-corrected chi connectivity index (χ3v) is 5.98. The zero-order valence-corrected chi connectivity index (χ0v) is 18.9. The fraction of sp³-hybridized carbons (Fsp3) is 0.409. The van der Waals surface area contributed by atoms with Gasteiger partial charge in [0.15, 0.2) is 0 Å². The van der Waals surface area contributed by atoms with Crippen molar-refractivity contribution in [1.82, 2.24) is 5.32 Å². The van der Waals surface area contributed by atoms with Crippen molar-refractivity contribution >= 4 is 21.6 Å². The van der Waals surface area contributed by atoms with E-state index >= 15 is 0 Å². The molecule has 0 aliphatic carbocycles. The maximum absolute atomic E-state index is 13.0. The standard InChI is InChI=1S/C22H30N2O5S/c1-6-21(17-8-12-19(28-4)13-9-17)23-22(25)16(3)24(30(5,26)27)18-10-14-20(15-11-18)29-7-2/h8-16,21H,6-7H2,1-5H3,(H,23,25). The molecule has 0 radical (unpaired) electrons. The number of methoxy groups -OCH3 is 1. The van der Waals surface area contributed by atoms with Gasteiger partial charge in [0.05, 0.1) is 31.7 Å². The summed E-state index contributed by atoms with van der Waals surface area (Å²) in [6, 6.07) is 12.9. The Morgan fingerprint density at radius 1 is 1.03 bits per heavy atom. The number of carbonyl (C=O) groups is 1. The molecule has 2 unspecified atom stereocenters. The third-order valence-electron chi connectivity index (χ3n) is 4.73. The maximum Gasteiger partial charge on any atom is 0.244 e. The van der Waals surface area contributed by atoms with Crippen LogP contribution in [-0.2, 0) is 14.8 Å². The number of rotatable bonds is 10. The van der Waals surface area contributed by atoms with E-state index in [1.807, 2.05) is 38.1 Å². The van der Waals surface area contributed by atoms with Gasteiger partial charge in [0.1, 0.15) is 17.5 Å². The molecule has 2 rings (SSSR count). The summed E-state index contributed by atoms with van der Waals surface area (Å²) in [6.07, 6.45) is 1.75.